The van der Waals surface area contributed by atoms with Crippen molar-refractivity contribution in [2.45, 2.75) is 24.5 Å². The van der Waals surface area contributed by atoms with Crippen LogP contribution in [0.4, 0.5) is 5.82 Å². The number of nitrogens with zero attached hydrogens (tertiary/aromatic N) is 4. The molecule has 0 spiro atoms. The van der Waals surface area contributed by atoms with Crippen LogP contribution in [0.15, 0.2) is 12.7 Å². The molecular formula is C10H14N5O7P. The minimum atomic E-state index is -4.91. The molecule has 2 aromatic rings. The number of ether oxygens (including phenoxy) is 1. The van der Waals surface area contributed by atoms with E-state index in [4.69, 9.17) is 20.3 Å². The number of imidazole rings is 1. The number of nitrogen functional groups attached to an aromatic ring is 1. The van der Waals surface area contributed by atoms with Gasteiger partial charge in [0.1, 0.15) is 30.2 Å². The highest BCUT2D eigenvalue weighted by molar-refractivity contribution is 7.46. The topological polar surface area (TPSA) is 186 Å². The third-order valence-electron chi connectivity index (χ3n) is 3.41. The summed E-state index contributed by atoms with van der Waals surface area (Å²) in [7, 11) is -4.91. The molecule has 0 aromatic carbocycles. The zero-order chi connectivity index (χ0) is 16.8. The van der Waals surface area contributed by atoms with Crippen molar-refractivity contribution in [2.75, 3.05) is 12.3 Å². The van der Waals surface area contributed by atoms with Crippen LogP contribution in [0, 0.1) is 0 Å². The fourth-order valence-electron chi connectivity index (χ4n) is 2.42. The first-order valence-corrected chi connectivity index (χ1v) is 7.96. The predicted molar refractivity (Wildman–Crippen MR) is 73.7 cm³/mol. The third kappa shape index (κ3) is 2.93. The van der Waals surface area contributed by atoms with Crippen LogP contribution in [-0.4, -0.2) is 64.4 Å². The zero-order valence-electron chi connectivity index (χ0n) is 11.5. The Kier molecular flexibility index (Phi) is 4.06. The second-order valence-corrected chi connectivity index (χ2v) is 6.07. The number of nitrogens with two attached hydrogens (primary N) is 1. The number of aliphatic hydroxyl groups is 2. The van der Waals surface area contributed by atoms with Crippen molar-refractivity contribution in [3.05, 3.63) is 12.7 Å². The first-order valence-electron chi connectivity index (χ1n) is 6.43. The van der Waals surface area contributed by atoms with E-state index in [-0.39, 0.29) is 17.0 Å². The molecule has 3 rings (SSSR count). The summed E-state index contributed by atoms with van der Waals surface area (Å²) in [5.74, 6) is 0.110. The number of hydrogen-bond acceptors (Lipinski definition) is 9. The fraction of sp³-hybridized carbons (Fsp3) is 0.500. The van der Waals surface area contributed by atoms with Gasteiger partial charge in [0.15, 0.2) is 17.7 Å². The van der Waals surface area contributed by atoms with Gasteiger partial charge in [0, 0.05) is 0 Å². The lowest BCUT2D eigenvalue weighted by Gasteiger charge is -2.21. The maximum absolute atomic E-state index is 11.1. The van der Waals surface area contributed by atoms with E-state index in [2.05, 4.69) is 19.5 Å². The highest BCUT2D eigenvalue weighted by Crippen LogP contribution is 2.45. The van der Waals surface area contributed by atoms with E-state index < -0.39 is 39.0 Å². The highest BCUT2D eigenvalue weighted by Gasteiger charge is 2.48. The molecule has 0 amide bonds. The van der Waals surface area contributed by atoms with E-state index in [0.29, 0.717) is 0 Å². The first kappa shape index (κ1) is 16.2. The predicted octanol–water partition coefficient (Wildman–Crippen LogP) is -1.86. The number of fused-ring (bicyclic) bond motifs is 1. The van der Waals surface area contributed by atoms with Crippen molar-refractivity contribution in [1.29, 1.82) is 0 Å². The summed E-state index contributed by atoms with van der Waals surface area (Å²) in [6, 6.07) is 0. The van der Waals surface area contributed by atoms with Gasteiger partial charge in [-0.05, 0) is 0 Å². The van der Waals surface area contributed by atoms with Crippen LogP contribution in [0.5, 0.6) is 0 Å². The number of hydrogen-bond donors (Lipinski definition) is 5. The minimum Gasteiger partial charge on any atom is -0.394 e. The summed E-state index contributed by atoms with van der Waals surface area (Å²) in [5.41, 5.74) is 6.16. The van der Waals surface area contributed by atoms with Crippen molar-refractivity contribution >= 4 is 24.8 Å². The van der Waals surface area contributed by atoms with Gasteiger partial charge in [-0.1, -0.05) is 0 Å². The van der Waals surface area contributed by atoms with Crippen molar-refractivity contribution in [3.8, 4) is 0 Å². The Balaban J connectivity index is 2.04. The Morgan fingerprint density at radius 1 is 1.39 bits per heavy atom. The standard InChI is InChI=1S/C10H14N5O7P/c11-8-5-9(13-2-12-8)15(3-14-5)10-7(22-23(18,19)20)6(17)4(1-16)21-10/h2-4,6-7,10,16-17H,1H2,(H2,11,12,13)(H2,18,19,20)/t4-,6+,7-,10-/m1/s1. The van der Waals surface area contributed by atoms with Gasteiger partial charge in [-0.2, -0.15) is 0 Å². The molecule has 3 heterocycles. The Morgan fingerprint density at radius 2 is 2.13 bits per heavy atom. The van der Waals surface area contributed by atoms with Crippen LogP contribution in [0.2, 0.25) is 0 Å². The maximum Gasteiger partial charge on any atom is 0.470 e. The van der Waals surface area contributed by atoms with Crippen LogP contribution >= 0.6 is 7.82 Å². The molecule has 0 bridgehead atoms. The van der Waals surface area contributed by atoms with Gasteiger partial charge >= 0.3 is 7.82 Å². The minimum absolute atomic E-state index is 0.110. The lowest BCUT2D eigenvalue weighted by molar-refractivity contribution is -0.0505. The van der Waals surface area contributed by atoms with Crippen LogP contribution in [0.1, 0.15) is 6.23 Å². The number of rotatable bonds is 4. The Morgan fingerprint density at radius 3 is 2.78 bits per heavy atom. The quantitative estimate of drug-likeness (QED) is 0.390. The first-order chi connectivity index (χ1) is 10.8. The van der Waals surface area contributed by atoms with Crippen LogP contribution in [0.3, 0.4) is 0 Å². The molecule has 4 atom stereocenters. The van der Waals surface area contributed by atoms with Crippen LogP contribution in [-0.2, 0) is 13.8 Å². The molecule has 126 valence electrons. The van der Waals surface area contributed by atoms with Gasteiger partial charge in [-0.15, -0.1) is 0 Å². The average molecular weight is 347 g/mol. The number of phosphoric acid groups is 1. The van der Waals surface area contributed by atoms with Crippen molar-refractivity contribution in [2.24, 2.45) is 0 Å². The number of aliphatic hydroxyl groups excluding tert-OH is 2. The third-order valence-corrected chi connectivity index (χ3v) is 3.93. The number of aromatic nitrogens is 4. The summed E-state index contributed by atoms with van der Waals surface area (Å²) >= 11 is 0. The fourth-order valence-corrected chi connectivity index (χ4v) is 2.97. The molecule has 1 saturated heterocycles. The van der Waals surface area contributed by atoms with Gasteiger partial charge in [-0.25, -0.2) is 19.5 Å². The van der Waals surface area contributed by atoms with E-state index >= 15 is 0 Å². The number of anilines is 1. The van der Waals surface area contributed by atoms with Crippen molar-refractivity contribution in [1.82, 2.24) is 19.5 Å². The molecule has 1 aliphatic rings. The van der Waals surface area contributed by atoms with E-state index in [9.17, 15) is 14.8 Å². The molecule has 1 aliphatic heterocycles. The molecule has 0 saturated carbocycles. The average Bonchev–Trinajstić information content (AvgIpc) is 3.01. The van der Waals surface area contributed by atoms with Crippen molar-refractivity contribution < 1.29 is 33.8 Å². The van der Waals surface area contributed by atoms with Crippen LogP contribution < -0.4 is 5.73 Å². The Labute approximate surface area is 128 Å². The van der Waals surface area contributed by atoms with Crippen LogP contribution in [0.25, 0.3) is 11.2 Å². The summed E-state index contributed by atoms with van der Waals surface area (Å²) in [4.78, 5) is 29.8. The molecule has 23 heavy (non-hydrogen) atoms. The molecule has 12 nitrogen and oxygen atoms in total. The molecule has 13 heteroatoms. The van der Waals surface area contributed by atoms with Gasteiger partial charge in [-0.3, -0.25) is 9.09 Å². The van der Waals surface area contributed by atoms with E-state index in [1.807, 2.05) is 0 Å². The Bertz CT molecular complexity index is 763. The van der Waals surface area contributed by atoms with Gasteiger partial charge in [0.2, 0.25) is 0 Å². The second kappa shape index (κ2) is 5.76. The highest BCUT2D eigenvalue weighted by atomic mass is 31.2. The largest absolute Gasteiger partial charge is 0.470 e. The lowest BCUT2D eigenvalue weighted by atomic mass is 10.1. The van der Waals surface area contributed by atoms with Crippen molar-refractivity contribution in [3.63, 3.8) is 0 Å². The van der Waals surface area contributed by atoms with Gasteiger partial charge in [0.05, 0.1) is 12.9 Å². The molecule has 0 unspecified atom stereocenters. The molecule has 0 radical (unpaired) electrons. The molecular weight excluding hydrogens is 333 g/mol. The summed E-state index contributed by atoms with van der Waals surface area (Å²) in [6.07, 6.45) is -2.72. The zero-order valence-corrected chi connectivity index (χ0v) is 12.4. The summed E-state index contributed by atoms with van der Waals surface area (Å²) < 4.78 is 22.5. The second-order valence-electron chi connectivity index (χ2n) is 4.88. The molecule has 1 fully saturated rings. The molecule has 6 N–H and O–H groups in total. The summed E-state index contributed by atoms with van der Waals surface area (Å²) in [6.45, 7) is -0.567. The number of phosphoric ester groups is 1. The Hall–Kier alpha value is -1.66. The van der Waals surface area contributed by atoms with E-state index in [0.717, 1.165) is 0 Å². The molecule has 2 aromatic heterocycles. The smallest absolute Gasteiger partial charge is 0.394 e. The monoisotopic (exact) mass is 347 g/mol. The summed E-state index contributed by atoms with van der Waals surface area (Å²) in [5, 5.41) is 19.3. The molecule has 0 aliphatic carbocycles. The maximum atomic E-state index is 11.1. The van der Waals surface area contributed by atoms with Gasteiger partial charge < -0.3 is 30.5 Å². The normalized spacial score (nSPS) is 28.5. The van der Waals surface area contributed by atoms with E-state index in [1.165, 1.54) is 17.2 Å². The SMILES string of the molecule is Nc1ncnc2c1ncn2[C@@H]1O[C@H](CO)[C@H](O)[C@H]1OP(=O)(O)O. The lowest BCUT2D eigenvalue weighted by Crippen LogP contribution is -2.34. The van der Waals surface area contributed by atoms with E-state index in [1.54, 1.807) is 0 Å². The van der Waals surface area contributed by atoms with Gasteiger partial charge in [0.25, 0.3) is 0 Å².